The Hall–Kier alpha value is -4.01. The number of hydrogen-bond donors (Lipinski definition) is 4. The lowest BCUT2D eigenvalue weighted by molar-refractivity contribution is -0.123. The smallest absolute Gasteiger partial charge is 0.290 e. The SMILES string of the molecule is O=C(c1ccccc1)c1ccccc1.O=CO.O=CO.O=CO.O=CO. The van der Waals surface area contributed by atoms with Gasteiger partial charge in [0, 0.05) is 11.1 Å². The van der Waals surface area contributed by atoms with Gasteiger partial charge in [0.25, 0.3) is 25.9 Å². The molecule has 0 amide bonds. The quantitative estimate of drug-likeness (QED) is 0.457. The molecular formula is C17H18O9. The Morgan fingerprint density at radius 3 is 0.923 bits per heavy atom. The second-order valence-electron chi connectivity index (χ2n) is 3.48. The summed E-state index contributed by atoms with van der Waals surface area (Å²) >= 11 is 0. The molecule has 9 nitrogen and oxygen atoms in total. The largest absolute Gasteiger partial charge is 0.483 e. The van der Waals surface area contributed by atoms with E-state index in [1.807, 2.05) is 60.7 Å². The third-order valence-corrected chi connectivity index (χ3v) is 2.07. The first-order valence-corrected chi connectivity index (χ1v) is 6.50. The van der Waals surface area contributed by atoms with Crippen molar-refractivity contribution in [2.24, 2.45) is 0 Å². The molecule has 0 aliphatic rings. The first kappa shape index (κ1) is 26.9. The van der Waals surface area contributed by atoms with Gasteiger partial charge in [0.1, 0.15) is 0 Å². The van der Waals surface area contributed by atoms with Crippen LogP contribution >= 0.6 is 0 Å². The maximum atomic E-state index is 11.8. The van der Waals surface area contributed by atoms with E-state index < -0.39 is 0 Å². The fourth-order valence-corrected chi connectivity index (χ4v) is 1.35. The van der Waals surface area contributed by atoms with Gasteiger partial charge in [-0.1, -0.05) is 60.7 Å². The van der Waals surface area contributed by atoms with Crippen LogP contribution in [-0.2, 0) is 19.2 Å². The second kappa shape index (κ2) is 23.3. The number of rotatable bonds is 2. The zero-order valence-electron chi connectivity index (χ0n) is 13.4. The molecule has 0 fully saturated rings. The van der Waals surface area contributed by atoms with Crippen molar-refractivity contribution in [1.82, 2.24) is 0 Å². The third kappa shape index (κ3) is 18.0. The molecule has 140 valence electrons. The topological polar surface area (TPSA) is 166 Å². The fourth-order valence-electron chi connectivity index (χ4n) is 1.35. The molecule has 0 saturated heterocycles. The van der Waals surface area contributed by atoms with Crippen LogP contribution in [0.3, 0.4) is 0 Å². The van der Waals surface area contributed by atoms with Crippen LogP contribution in [0.4, 0.5) is 0 Å². The summed E-state index contributed by atoms with van der Waals surface area (Å²) in [6.45, 7) is -1.00. The minimum atomic E-state index is -0.250. The van der Waals surface area contributed by atoms with Crippen LogP contribution in [0.1, 0.15) is 15.9 Å². The summed E-state index contributed by atoms with van der Waals surface area (Å²) in [5.74, 6) is 0.0752. The van der Waals surface area contributed by atoms with E-state index in [1.54, 1.807) is 0 Å². The number of carboxylic acid groups (broad SMARTS) is 4. The van der Waals surface area contributed by atoms with Gasteiger partial charge >= 0.3 is 0 Å². The van der Waals surface area contributed by atoms with E-state index in [0.717, 1.165) is 11.1 Å². The minimum Gasteiger partial charge on any atom is -0.483 e. The fraction of sp³-hybridized carbons (Fsp3) is 0. The van der Waals surface area contributed by atoms with Crippen molar-refractivity contribution in [2.75, 3.05) is 0 Å². The van der Waals surface area contributed by atoms with Crippen molar-refractivity contribution < 1.29 is 44.4 Å². The molecule has 0 aromatic heterocycles. The van der Waals surface area contributed by atoms with E-state index in [0.29, 0.717) is 0 Å². The predicted octanol–water partition coefficient (Wildman–Crippen LogP) is 1.72. The van der Waals surface area contributed by atoms with Crippen molar-refractivity contribution in [3.63, 3.8) is 0 Å². The Morgan fingerprint density at radius 1 is 0.538 bits per heavy atom. The highest BCUT2D eigenvalue weighted by Gasteiger charge is 2.06. The first-order chi connectivity index (χ1) is 12.5. The van der Waals surface area contributed by atoms with Gasteiger partial charge in [-0.3, -0.25) is 24.0 Å². The number of ketones is 1. The standard InChI is InChI=1S/C13H10O.4CH2O2/c14-13(11-7-3-1-4-8-11)12-9-5-2-6-10-12;4*2-1-3/h1-10H;4*1H,(H,2,3). The molecule has 0 bridgehead atoms. The van der Waals surface area contributed by atoms with Crippen LogP contribution in [0.2, 0.25) is 0 Å². The second-order valence-corrected chi connectivity index (χ2v) is 3.48. The highest BCUT2D eigenvalue weighted by molar-refractivity contribution is 6.08. The molecule has 0 aliphatic carbocycles. The van der Waals surface area contributed by atoms with Crippen LogP contribution in [0.15, 0.2) is 60.7 Å². The van der Waals surface area contributed by atoms with Gasteiger partial charge in [0.2, 0.25) is 0 Å². The Labute approximate surface area is 148 Å². The Bertz CT molecular complexity index is 533. The molecule has 2 aromatic carbocycles. The van der Waals surface area contributed by atoms with E-state index in [4.69, 9.17) is 39.6 Å². The molecule has 4 N–H and O–H groups in total. The molecule has 26 heavy (non-hydrogen) atoms. The molecule has 2 aromatic rings. The maximum Gasteiger partial charge on any atom is 0.290 e. The molecule has 0 saturated carbocycles. The summed E-state index contributed by atoms with van der Waals surface area (Å²) in [7, 11) is 0. The van der Waals surface area contributed by atoms with Gasteiger partial charge in [-0.05, 0) is 0 Å². The molecule has 0 heterocycles. The average molecular weight is 366 g/mol. The molecule has 0 atom stereocenters. The lowest BCUT2D eigenvalue weighted by Crippen LogP contribution is -1.99. The number of carbonyl (C=O) groups is 5. The monoisotopic (exact) mass is 366 g/mol. The molecule has 0 unspecified atom stereocenters. The molecule has 2 rings (SSSR count). The van der Waals surface area contributed by atoms with Crippen LogP contribution < -0.4 is 0 Å². The van der Waals surface area contributed by atoms with E-state index in [1.165, 1.54) is 0 Å². The van der Waals surface area contributed by atoms with Crippen molar-refractivity contribution in [3.8, 4) is 0 Å². The first-order valence-electron chi connectivity index (χ1n) is 6.50. The van der Waals surface area contributed by atoms with Gasteiger partial charge in [-0.2, -0.15) is 0 Å². The molecular weight excluding hydrogens is 348 g/mol. The third-order valence-electron chi connectivity index (χ3n) is 2.07. The lowest BCUT2D eigenvalue weighted by Gasteiger charge is -1.99. The van der Waals surface area contributed by atoms with E-state index in [2.05, 4.69) is 0 Å². The van der Waals surface area contributed by atoms with Crippen LogP contribution in [0.5, 0.6) is 0 Å². The van der Waals surface area contributed by atoms with Crippen LogP contribution in [0.25, 0.3) is 0 Å². The summed E-state index contributed by atoms with van der Waals surface area (Å²) in [6, 6.07) is 18.6. The predicted molar refractivity (Wildman–Crippen MR) is 91.1 cm³/mol. The Kier molecular flexibility index (Phi) is 24.0. The van der Waals surface area contributed by atoms with Gasteiger partial charge in [0.15, 0.2) is 5.78 Å². The number of benzene rings is 2. The summed E-state index contributed by atoms with van der Waals surface area (Å²) in [5.41, 5.74) is 1.47. The summed E-state index contributed by atoms with van der Waals surface area (Å²) in [6.07, 6.45) is 0. The van der Waals surface area contributed by atoms with Crippen molar-refractivity contribution in [3.05, 3.63) is 71.8 Å². The molecule has 0 spiro atoms. The van der Waals surface area contributed by atoms with Crippen LogP contribution in [-0.4, -0.2) is 52.1 Å². The van der Waals surface area contributed by atoms with Crippen LogP contribution in [0, 0.1) is 0 Å². The zero-order valence-corrected chi connectivity index (χ0v) is 13.4. The lowest BCUT2D eigenvalue weighted by atomic mass is 10.0. The van der Waals surface area contributed by atoms with Crippen molar-refractivity contribution in [1.29, 1.82) is 0 Å². The molecule has 0 radical (unpaired) electrons. The normalized spacial score (nSPS) is 7.08. The molecule has 9 heteroatoms. The molecule has 0 aliphatic heterocycles. The van der Waals surface area contributed by atoms with E-state index in [-0.39, 0.29) is 31.7 Å². The van der Waals surface area contributed by atoms with Gasteiger partial charge < -0.3 is 20.4 Å². The highest BCUT2D eigenvalue weighted by atomic mass is 16.4. The highest BCUT2D eigenvalue weighted by Crippen LogP contribution is 2.08. The summed E-state index contributed by atoms with van der Waals surface area (Å²) in [4.78, 5) is 45.3. The van der Waals surface area contributed by atoms with Gasteiger partial charge in [-0.25, -0.2) is 0 Å². The summed E-state index contributed by atoms with van der Waals surface area (Å²) < 4.78 is 0. The zero-order chi connectivity index (χ0) is 20.6. The summed E-state index contributed by atoms with van der Waals surface area (Å²) in [5, 5.41) is 27.6. The minimum absolute atomic E-state index is 0.0752. The van der Waals surface area contributed by atoms with Crippen molar-refractivity contribution >= 4 is 31.7 Å². The average Bonchev–Trinajstić information content (AvgIpc) is 2.65. The van der Waals surface area contributed by atoms with Gasteiger partial charge in [-0.15, -0.1) is 0 Å². The Balaban J connectivity index is -0.000000367. The number of hydrogen-bond acceptors (Lipinski definition) is 5. The van der Waals surface area contributed by atoms with E-state index in [9.17, 15) is 4.79 Å². The Morgan fingerprint density at radius 2 is 0.731 bits per heavy atom. The van der Waals surface area contributed by atoms with E-state index >= 15 is 0 Å². The number of carbonyl (C=O) groups excluding carboxylic acids is 1. The maximum absolute atomic E-state index is 11.8. The van der Waals surface area contributed by atoms with Gasteiger partial charge in [0.05, 0.1) is 0 Å². The van der Waals surface area contributed by atoms with Crippen molar-refractivity contribution in [2.45, 2.75) is 0 Å².